The molecule has 3 N–H and O–H groups in total. The van der Waals surface area contributed by atoms with Crippen molar-refractivity contribution >= 4 is 40.9 Å². The van der Waals surface area contributed by atoms with Gasteiger partial charge in [-0.25, -0.2) is 4.79 Å². The van der Waals surface area contributed by atoms with Crippen LogP contribution in [0.25, 0.3) is 0 Å². The van der Waals surface area contributed by atoms with Gasteiger partial charge in [0.05, 0.1) is 11.8 Å². The maximum absolute atomic E-state index is 10.8. The van der Waals surface area contributed by atoms with Crippen molar-refractivity contribution in [1.82, 2.24) is 5.43 Å². The molecule has 0 saturated carbocycles. The Labute approximate surface area is 145 Å². The number of hydrogen-bond donors (Lipinski definition) is 3. The third-order valence-corrected chi connectivity index (χ3v) is 3.37. The Morgan fingerprint density at radius 1 is 1.12 bits per heavy atom. The molecule has 0 amide bonds. The quantitative estimate of drug-likeness (QED) is 0.441. The Kier molecular flexibility index (Phi) is 5.86. The van der Waals surface area contributed by atoms with Crippen LogP contribution >= 0.6 is 12.2 Å². The second kappa shape index (κ2) is 8.07. The molecular weight excluding hydrogens is 324 g/mol. The number of anilines is 2. The average molecular weight is 342 g/mol. The van der Waals surface area contributed by atoms with Crippen LogP contribution in [0.1, 0.15) is 15.9 Å². The van der Waals surface area contributed by atoms with Gasteiger partial charge in [0.15, 0.2) is 5.11 Å². The lowest BCUT2D eigenvalue weighted by Crippen LogP contribution is -2.23. The van der Waals surface area contributed by atoms with Crippen molar-refractivity contribution in [3.8, 4) is 0 Å². The summed E-state index contributed by atoms with van der Waals surface area (Å²) in [6.07, 6.45) is 1.67. The van der Waals surface area contributed by atoms with Gasteiger partial charge in [0.2, 0.25) is 0 Å². The number of aromatic carboxylic acids is 1. The van der Waals surface area contributed by atoms with Gasteiger partial charge in [-0.15, -0.1) is 0 Å². The van der Waals surface area contributed by atoms with E-state index in [-0.39, 0.29) is 5.56 Å². The summed E-state index contributed by atoms with van der Waals surface area (Å²) in [6, 6.07) is 14.2. The van der Waals surface area contributed by atoms with Crippen molar-refractivity contribution in [2.75, 3.05) is 24.3 Å². The maximum Gasteiger partial charge on any atom is 0.335 e. The molecule has 124 valence electrons. The zero-order valence-electron chi connectivity index (χ0n) is 13.4. The predicted molar refractivity (Wildman–Crippen MR) is 101 cm³/mol. The minimum atomic E-state index is -0.966. The fourth-order valence-corrected chi connectivity index (χ4v) is 2.05. The summed E-state index contributed by atoms with van der Waals surface area (Å²) in [5.74, 6) is -0.966. The van der Waals surface area contributed by atoms with Crippen LogP contribution in [0.5, 0.6) is 0 Å². The Hall–Kier alpha value is -2.93. The Morgan fingerprint density at radius 2 is 1.75 bits per heavy atom. The number of rotatable bonds is 5. The number of nitrogens with zero attached hydrogens (tertiary/aromatic N) is 2. The second-order valence-electron chi connectivity index (χ2n) is 5.19. The molecular formula is C17H18N4O2S. The number of carboxylic acids is 1. The zero-order chi connectivity index (χ0) is 17.5. The summed E-state index contributed by atoms with van der Waals surface area (Å²) in [6.45, 7) is 0. The first-order valence-corrected chi connectivity index (χ1v) is 7.57. The molecule has 0 bridgehead atoms. The number of benzene rings is 2. The molecule has 0 heterocycles. The average Bonchev–Trinajstić information content (AvgIpc) is 2.55. The molecule has 6 nitrogen and oxygen atoms in total. The number of hydrazone groups is 1. The van der Waals surface area contributed by atoms with E-state index >= 15 is 0 Å². The number of nitrogens with one attached hydrogen (secondary N) is 2. The van der Waals surface area contributed by atoms with Crippen LogP contribution in [0, 0.1) is 0 Å². The Balaban J connectivity index is 1.87. The van der Waals surface area contributed by atoms with E-state index in [2.05, 4.69) is 15.8 Å². The van der Waals surface area contributed by atoms with Crippen molar-refractivity contribution in [3.63, 3.8) is 0 Å². The summed E-state index contributed by atoms with van der Waals surface area (Å²) in [7, 11) is 3.97. The van der Waals surface area contributed by atoms with Crippen LogP contribution in [0.4, 0.5) is 11.4 Å². The highest BCUT2D eigenvalue weighted by Crippen LogP contribution is 2.11. The smallest absolute Gasteiger partial charge is 0.335 e. The van der Waals surface area contributed by atoms with E-state index in [1.54, 1.807) is 18.3 Å². The minimum Gasteiger partial charge on any atom is -0.478 e. The summed E-state index contributed by atoms with van der Waals surface area (Å²) in [5.41, 5.74) is 5.68. The van der Waals surface area contributed by atoms with E-state index in [0.717, 1.165) is 11.3 Å². The molecule has 0 aromatic heterocycles. The topological polar surface area (TPSA) is 77.0 Å². The fourth-order valence-electron chi connectivity index (χ4n) is 1.88. The van der Waals surface area contributed by atoms with Crippen LogP contribution in [-0.2, 0) is 0 Å². The number of thiocarbonyl (C=S) groups is 1. The minimum absolute atomic E-state index is 0.221. The van der Waals surface area contributed by atoms with E-state index < -0.39 is 5.97 Å². The molecule has 0 fully saturated rings. The fraction of sp³-hybridized carbons (Fsp3) is 0.118. The molecule has 0 radical (unpaired) electrons. The van der Waals surface area contributed by atoms with Gasteiger partial charge in [0.25, 0.3) is 0 Å². The Bertz CT molecular complexity index is 740. The summed E-state index contributed by atoms with van der Waals surface area (Å²) in [5, 5.41) is 16.2. The second-order valence-corrected chi connectivity index (χ2v) is 5.60. The van der Waals surface area contributed by atoms with Gasteiger partial charge >= 0.3 is 5.97 Å². The number of hydrogen-bond acceptors (Lipinski definition) is 4. The van der Waals surface area contributed by atoms with Crippen molar-refractivity contribution in [1.29, 1.82) is 0 Å². The molecule has 2 rings (SSSR count). The third-order valence-electron chi connectivity index (χ3n) is 3.18. The third kappa shape index (κ3) is 5.06. The summed E-state index contributed by atoms with van der Waals surface area (Å²) in [4.78, 5) is 12.8. The molecule has 2 aromatic rings. The molecule has 0 aliphatic rings. The van der Waals surface area contributed by atoms with E-state index in [0.29, 0.717) is 10.8 Å². The molecule has 0 spiro atoms. The molecule has 0 unspecified atom stereocenters. The number of carbonyl (C=O) groups is 1. The summed E-state index contributed by atoms with van der Waals surface area (Å²) < 4.78 is 0. The Morgan fingerprint density at radius 3 is 2.29 bits per heavy atom. The predicted octanol–water partition coefficient (Wildman–Crippen LogP) is 2.77. The SMILES string of the molecule is CN(C)c1ccc(/C=N/NC(=S)Nc2ccc(C(=O)O)cc2)cc1. The van der Waals surface area contributed by atoms with Gasteiger partial charge in [0.1, 0.15) is 0 Å². The molecule has 2 aromatic carbocycles. The first-order valence-electron chi connectivity index (χ1n) is 7.16. The molecule has 24 heavy (non-hydrogen) atoms. The van der Waals surface area contributed by atoms with Crippen molar-refractivity contribution in [2.24, 2.45) is 5.10 Å². The van der Waals surface area contributed by atoms with Crippen LogP contribution in [0.15, 0.2) is 53.6 Å². The lowest BCUT2D eigenvalue weighted by Gasteiger charge is -2.11. The first-order chi connectivity index (χ1) is 11.5. The standard InChI is InChI=1S/C17H18N4O2S/c1-21(2)15-9-3-12(4-10-15)11-18-20-17(24)19-14-7-5-13(6-8-14)16(22)23/h3-11H,1-2H3,(H,22,23)(H2,19,20,24)/b18-11+. The van der Waals surface area contributed by atoms with Crippen LogP contribution < -0.4 is 15.6 Å². The molecule has 7 heteroatoms. The van der Waals surface area contributed by atoms with Gasteiger partial charge in [-0.1, -0.05) is 12.1 Å². The highest BCUT2D eigenvalue weighted by Gasteiger charge is 2.02. The highest BCUT2D eigenvalue weighted by atomic mass is 32.1. The highest BCUT2D eigenvalue weighted by molar-refractivity contribution is 7.80. The van der Waals surface area contributed by atoms with E-state index in [9.17, 15) is 4.79 Å². The molecule has 0 aliphatic heterocycles. The van der Waals surface area contributed by atoms with Gasteiger partial charge in [-0.05, 0) is 54.2 Å². The molecule has 0 aliphatic carbocycles. The van der Waals surface area contributed by atoms with Crippen LogP contribution in [0.2, 0.25) is 0 Å². The number of carboxylic acid groups (broad SMARTS) is 1. The van der Waals surface area contributed by atoms with Crippen molar-refractivity contribution < 1.29 is 9.90 Å². The maximum atomic E-state index is 10.8. The normalized spacial score (nSPS) is 10.4. The van der Waals surface area contributed by atoms with E-state index in [1.165, 1.54) is 12.1 Å². The zero-order valence-corrected chi connectivity index (χ0v) is 14.2. The largest absolute Gasteiger partial charge is 0.478 e. The van der Waals surface area contributed by atoms with Gasteiger partial charge in [-0.3, -0.25) is 5.43 Å². The van der Waals surface area contributed by atoms with E-state index in [4.69, 9.17) is 17.3 Å². The van der Waals surface area contributed by atoms with E-state index in [1.807, 2.05) is 43.3 Å². The van der Waals surface area contributed by atoms with Crippen molar-refractivity contribution in [3.05, 3.63) is 59.7 Å². The summed E-state index contributed by atoms with van der Waals surface area (Å²) >= 11 is 5.13. The monoisotopic (exact) mass is 342 g/mol. The lowest BCUT2D eigenvalue weighted by atomic mass is 10.2. The lowest BCUT2D eigenvalue weighted by molar-refractivity contribution is 0.0697. The van der Waals surface area contributed by atoms with Gasteiger partial charge < -0.3 is 15.3 Å². The van der Waals surface area contributed by atoms with Crippen LogP contribution in [-0.4, -0.2) is 36.5 Å². The van der Waals surface area contributed by atoms with Crippen molar-refractivity contribution in [2.45, 2.75) is 0 Å². The van der Waals surface area contributed by atoms with Gasteiger partial charge in [-0.2, -0.15) is 5.10 Å². The van der Waals surface area contributed by atoms with Gasteiger partial charge in [0, 0.05) is 25.5 Å². The first kappa shape index (κ1) is 17.4. The van der Waals surface area contributed by atoms with Crippen LogP contribution in [0.3, 0.4) is 0 Å². The molecule has 0 atom stereocenters. The molecule has 0 saturated heterocycles.